The van der Waals surface area contributed by atoms with Gasteiger partial charge in [-0.25, -0.2) is 0 Å². The van der Waals surface area contributed by atoms with Gasteiger partial charge in [0.2, 0.25) is 0 Å². The molecule has 1 aromatic carbocycles. The second-order valence-electron chi connectivity index (χ2n) is 2.70. The molecule has 0 heterocycles. The zero-order valence-electron chi connectivity index (χ0n) is 6.90. The summed E-state index contributed by atoms with van der Waals surface area (Å²) in [6.07, 6.45) is 0. The minimum absolute atomic E-state index is 0.483. The fraction of sp³-hybridized carbons (Fsp3) is 0.200. The van der Waals surface area contributed by atoms with E-state index in [2.05, 4.69) is 35.5 Å². The molecular weight excluding hydrogens is 235 g/mol. The van der Waals surface area contributed by atoms with Crippen LogP contribution >= 0.6 is 27.5 Å². The third kappa shape index (κ3) is 2.11. The van der Waals surface area contributed by atoms with E-state index in [4.69, 9.17) is 11.6 Å². The average molecular weight is 246 g/mol. The maximum atomic E-state index is 5.70. The molecule has 64 valence electrons. The summed E-state index contributed by atoms with van der Waals surface area (Å²) in [4.78, 5) is 0. The molecule has 2 heteroatoms. The van der Waals surface area contributed by atoms with Crippen molar-refractivity contribution >= 4 is 33.1 Å². The minimum atomic E-state index is 0.483. The summed E-state index contributed by atoms with van der Waals surface area (Å²) in [5, 5.41) is 0. The summed E-state index contributed by atoms with van der Waals surface area (Å²) in [6.45, 7) is 5.95. The molecule has 0 saturated carbocycles. The zero-order chi connectivity index (χ0) is 9.14. The summed E-state index contributed by atoms with van der Waals surface area (Å²) in [5.74, 6) is 0.483. The van der Waals surface area contributed by atoms with Gasteiger partial charge in [-0.15, -0.1) is 11.6 Å². The maximum Gasteiger partial charge on any atom is 0.0474 e. The van der Waals surface area contributed by atoms with E-state index in [0.29, 0.717) is 5.88 Å². The van der Waals surface area contributed by atoms with Crippen molar-refractivity contribution in [2.24, 2.45) is 0 Å². The van der Waals surface area contributed by atoms with Crippen LogP contribution in [0.1, 0.15) is 11.1 Å². The predicted octanol–water partition coefficient (Wildman–Crippen LogP) is 4.01. The molecule has 0 amide bonds. The lowest BCUT2D eigenvalue weighted by molar-refractivity contribution is 1.40. The molecule has 0 atom stereocenters. The van der Waals surface area contributed by atoms with Crippen molar-refractivity contribution in [3.05, 3.63) is 40.4 Å². The molecule has 1 rings (SSSR count). The number of hydrogen-bond donors (Lipinski definition) is 0. The van der Waals surface area contributed by atoms with Crippen molar-refractivity contribution in [1.82, 2.24) is 0 Å². The number of allylic oxidation sites excluding steroid dienone is 1. The normalized spacial score (nSPS) is 9.92. The van der Waals surface area contributed by atoms with E-state index in [9.17, 15) is 0 Å². The van der Waals surface area contributed by atoms with Gasteiger partial charge in [0.25, 0.3) is 0 Å². The number of alkyl halides is 1. The second kappa shape index (κ2) is 4.11. The van der Waals surface area contributed by atoms with Gasteiger partial charge in [0.15, 0.2) is 0 Å². The van der Waals surface area contributed by atoms with E-state index in [1.807, 2.05) is 12.1 Å². The van der Waals surface area contributed by atoms with E-state index in [-0.39, 0.29) is 0 Å². The van der Waals surface area contributed by atoms with Crippen LogP contribution in [0.25, 0.3) is 5.57 Å². The van der Waals surface area contributed by atoms with Gasteiger partial charge >= 0.3 is 0 Å². The van der Waals surface area contributed by atoms with Gasteiger partial charge in [-0.05, 0) is 35.8 Å². The number of halogens is 2. The maximum absolute atomic E-state index is 5.70. The topological polar surface area (TPSA) is 0 Å². The molecule has 0 aliphatic heterocycles. The number of hydrogen-bond acceptors (Lipinski definition) is 0. The lowest BCUT2D eigenvalue weighted by Crippen LogP contribution is -1.88. The Balaban J connectivity index is 3.13. The molecule has 12 heavy (non-hydrogen) atoms. The van der Waals surface area contributed by atoms with Crippen LogP contribution in [0.3, 0.4) is 0 Å². The van der Waals surface area contributed by atoms with Gasteiger partial charge in [-0.3, -0.25) is 0 Å². The molecule has 0 aromatic heterocycles. The molecule has 0 nitrogen and oxygen atoms in total. The van der Waals surface area contributed by atoms with Gasteiger partial charge in [0, 0.05) is 10.4 Å². The first-order chi connectivity index (χ1) is 5.65. The molecular formula is C10H10BrCl. The van der Waals surface area contributed by atoms with Crippen LogP contribution in [0.15, 0.2) is 29.3 Å². The lowest BCUT2D eigenvalue weighted by Gasteiger charge is -2.06. The van der Waals surface area contributed by atoms with Crippen LogP contribution < -0.4 is 0 Å². The molecule has 0 aliphatic rings. The van der Waals surface area contributed by atoms with E-state index in [1.165, 1.54) is 5.56 Å². The third-order valence-electron chi connectivity index (χ3n) is 1.74. The molecule has 0 spiro atoms. The zero-order valence-corrected chi connectivity index (χ0v) is 9.24. The van der Waals surface area contributed by atoms with Crippen molar-refractivity contribution in [2.45, 2.75) is 6.92 Å². The first kappa shape index (κ1) is 9.82. The van der Waals surface area contributed by atoms with E-state index in [1.54, 1.807) is 0 Å². The van der Waals surface area contributed by atoms with E-state index in [0.717, 1.165) is 15.6 Å². The molecule has 0 fully saturated rings. The Labute approximate surface area is 86.4 Å². The Bertz CT molecular complexity index is 305. The molecule has 0 N–H and O–H groups in total. The molecule has 0 unspecified atom stereocenters. The van der Waals surface area contributed by atoms with E-state index >= 15 is 0 Å². The van der Waals surface area contributed by atoms with Crippen molar-refractivity contribution < 1.29 is 0 Å². The number of benzene rings is 1. The number of aryl methyl sites for hydroxylation is 1. The van der Waals surface area contributed by atoms with Gasteiger partial charge in [0.05, 0.1) is 0 Å². The largest absolute Gasteiger partial charge is 0.122 e. The van der Waals surface area contributed by atoms with Gasteiger partial charge < -0.3 is 0 Å². The fourth-order valence-corrected chi connectivity index (χ4v) is 1.55. The Morgan fingerprint density at radius 2 is 2.25 bits per heavy atom. The van der Waals surface area contributed by atoms with Crippen molar-refractivity contribution in [2.75, 3.05) is 5.88 Å². The van der Waals surface area contributed by atoms with Crippen LogP contribution in [-0.2, 0) is 0 Å². The third-order valence-corrected chi connectivity index (χ3v) is 2.56. The van der Waals surface area contributed by atoms with Crippen molar-refractivity contribution in [1.29, 1.82) is 0 Å². The first-order valence-electron chi connectivity index (χ1n) is 3.65. The molecule has 0 saturated heterocycles. The Morgan fingerprint density at radius 1 is 1.58 bits per heavy atom. The first-order valence-corrected chi connectivity index (χ1v) is 4.98. The highest BCUT2D eigenvalue weighted by atomic mass is 79.9. The predicted molar refractivity (Wildman–Crippen MR) is 58.6 cm³/mol. The Hall–Kier alpha value is -0.270. The van der Waals surface area contributed by atoms with Crippen LogP contribution in [0, 0.1) is 6.92 Å². The molecule has 1 aromatic rings. The van der Waals surface area contributed by atoms with Crippen molar-refractivity contribution in [3.63, 3.8) is 0 Å². The smallest absolute Gasteiger partial charge is 0.0474 e. The van der Waals surface area contributed by atoms with Crippen LogP contribution in [-0.4, -0.2) is 5.88 Å². The molecule has 0 radical (unpaired) electrons. The Kier molecular flexibility index (Phi) is 3.36. The number of rotatable bonds is 2. The molecule has 0 aliphatic carbocycles. The fourth-order valence-electron chi connectivity index (χ4n) is 1.05. The summed E-state index contributed by atoms with van der Waals surface area (Å²) in [7, 11) is 0. The van der Waals surface area contributed by atoms with Gasteiger partial charge in [0.1, 0.15) is 0 Å². The minimum Gasteiger partial charge on any atom is -0.122 e. The average Bonchev–Trinajstić information content (AvgIpc) is 2.08. The van der Waals surface area contributed by atoms with Crippen LogP contribution in [0.5, 0.6) is 0 Å². The summed E-state index contributed by atoms with van der Waals surface area (Å²) < 4.78 is 1.06. The van der Waals surface area contributed by atoms with Crippen LogP contribution in [0.2, 0.25) is 0 Å². The Morgan fingerprint density at radius 3 is 2.83 bits per heavy atom. The second-order valence-corrected chi connectivity index (χ2v) is 3.88. The highest BCUT2D eigenvalue weighted by molar-refractivity contribution is 9.10. The van der Waals surface area contributed by atoms with Gasteiger partial charge in [-0.1, -0.05) is 28.6 Å². The van der Waals surface area contributed by atoms with Gasteiger partial charge in [-0.2, -0.15) is 0 Å². The highest BCUT2D eigenvalue weighted by Gasteiger charge is 2.01. The van der Waals surface area contributed by atoms with Crippen molar-refractivity contribution in [3.8, 4) is 0 Å². The van der Waals surface area contributed by atoms with Crippen LogP contribution in [0.4, 0.5) is 0 Å². The SMILES string of the molecule is C=C(CCl)c1cc(Br)ccc1C. The summed E-state index contributed by atoms with van der Waals surface area (Å²) in [5.41, 5.74) is 3.32. The van der Waals surface area contributed by atoms with E-state index < -0.39 is 0 Å². The lowest BCUT2D eigenvalue weighted by atomic mass is 10.0. The molecule has 0 bridgehead atoms. The standard InChI is InChI=1S/C10H10BrCl/c1-7-3-4-9(11)5-10(7)8(2)6-12/h3-5H,2,6H2,1H3. The quantitative estimate of drug-likeness (QED) is 0.691. The monoisotopic (exact) mass is 244 g/mol. The summed E-state index contributed by atoms with van der Waals surface area (Å²) >= 11 is 9.11. The summed E-state index contributed by atoms with van der Waals surface area (Å²) in [6, 6.07) is 6.11. The highest BCUT2D eigenvalue weighted by Crippen LogP contribution is 2.22.